The first-order valence-electron chi connectivity index (χ1n) is 6.80. The van der Waals surface area contributed by atoms with Gasteiger partial charge in [0, 0.05) is 36.1 Å². The third-order valence-electron chi connectivity index (χ3n) is 3.37. The van der Waals surface area contributed by atoms with Gasteiger partial charge in [0.2, 0.25) is 0 Å². The van der Waals surface area contributed by atoms with Crippen molar-refractivity contribution >= 4 is 11.5 Å². The van der Waals surface area contributed by atoms with E-state index in [1.54, 1.807) is 12.1 Å². The second-order valence-corrected chi connectivity index (χ2v) is 4.85. The van der Waals surface area contributed by atoms with Gasteiger partial charge < -0.3 is 15.7 Å². The molecule has 0 amide bonds. The number of phenolic OH excluding ortho intramolecular Hbond substituents is 1. The molecule has 3 N–H and O–H groups in total. The predicted molar refractivity (Wildman–Crippen MR) is 82.4 cm³/mol. The Labute approximate surface area is 119 Å². The zero-order valence-electron chi connectivity index (χ0n) is 12.2. The monoisotopic (exact) mass is 271 g/mol. The molecule has 2 aromatic rings. The van der Waals surface area contributed by atoms with E-state index >= 15 is 0 Å². The Morgan fingerprint density at radius 1 is 1.20 bits per heavy atom. The van der Waals surface area contributed by atoms with E-state index < -0.39 is 0 Å². The van der Waals surface area contributed by atoms with Gasteiger partial charge in [-0.25, -0.2) is 4.98 Å². The second kappa shape index (κ2) is 5.92. The zero-order chi connectivity index (χ0) is 14.7. The summed E-state index contributed by atoms with van der Waals surface area (Å²) in [6.07, 6.45) is 0. The van der Waals surface area contributed by atoms with Crippen molar-refractivity contribution in [3.05, 3.63) is 47.2 Å². The molecule has 4 nitrogen and oxygen atoms in total. The van der Waals surface area contributed by atoms with Gasteiger partial charge in [0.05, 0.1) is 0 Å². The average molecular weight is 271 g/mol. The number of hydrogen-bond acceptors (Lipinski definition) is 4. The largest absolute Gasteiger partial charge is 0.508 e. The van der Waals surface area contributed by atoms with Crippen molar-refractivity contribution < 1.29 is 5.11 Å². The van der Waals surface area contributed by atoms with Crippen LogP contribution in [0.4, 0.5) is 11.5 Å². The van der Waals surface area contributed by atoms with E-state index in [0.29, 0.717) is 6.54 Å². The van der Waals surface area contributed by atoms with Crippen LogP contribution in [0, 0.1) is 13.8 Å². The van der Waals surface area contributed by atoms with Crippen LogP contribution in [0.15, 0.2) is 30.3 Å². The first-order chi connectivity index (χ1) is 9.56. The van der Waals surface area contributed by atoms with Crippen molar-refractivity contribution in [3.8, 4) is 5.75 Å². The quantitative estimate of drug-likeness (QED) is 0.897. The van der Waals surface area contributed by atoms with Gasteiger partial charge in [-0.1, -0.05) is 12.1 Å². The summed E-state index contributed by atoms with van der Waals surface area (Å²) in [5.41, 5.74) is 9.83. The van der Waals surface area contributed by atoms with E-state index in [2.05, 4.69) is 16.8 Å². The van der Waals surface area contributed by atoms with E-state index in [-0.39, 0.29) is 5.75 Å². The summed E-state index contributed by atoms with van der Waals surface area (Å²) in [6, 6.07) is 9.35. The molecule has 0 radical (unpaired) electrons. The lowest BCUT2D eigenvalue weighted by Crippen LogP contribution is -2.21. The molecule has 1 aromatic carbocycles. The molecule has 0 aliphatic rings. The molecule has 2 rings (SSSR count). The second-order valence-electron chi connectivity index (χ2n) is 4.85. The number of aromatic hydroxyl groups is 1. The fraction of sp³-hybridized carbons (Fsp3) is 0.312. The van der Waals surface area contributed by atoms with Gasteiger partial charge in [0.15, 0.2) is 0 Å². The number of pyridine rings is 1. The lowest BCUT2D eigenvalue weighted by Gasteiger charge is -2.26. The smallest absolute Gasteiger partial charge is 0.137 e. The van der Waals surface area contributed by atoms with Gasteiger partial charge in [-0.05, 0) is 38.5 Å². The summed E-state index contributed by atoms with van der Waals surface area (Å²) >= 11 is 0. The zero-order valence-corrected chi connectivity index (χ0v) is 12.2. The summed E-state index contributed by atoms with van der Waals surface area (Å²) in [5.74, 6) is 1.12. The molecule has 20 heavy (non-hydrogen) atoms. The van der Waals surface area contributed by atoms with Crippen LogP contribution < -0.4 is 10.6 Å². The first kappa shape index (κ1) is 14.3. The van der Waals surface area contributed by atoms with Crippen molar-refractivity contribution in [1.29, 1.82) is 0 Å². The van der Waals surface area contributed by atoms with Crippen LogP contribution in [0.1, 0.15) is 23.7 Å². The molecule has 0 spiro atoms. The predicted octanol–water partition coefficient (Wildman–Crippen LogP) is 3.02. The molecular formula is C16H21N3O. The molecule has 0 aliphatic heterocycles. The summed E-state index contributed by atoms with van der Waals surface area (Å²) in [5, 5.41) is 9.74. The average Bonchev–Trinajstić information content (AvgIpc) is 2.44. The number of nitrogens with two attached hydrogens (primary N) is 1. The Kier molecular flexibility index (Phi) is 4.25. The van der Waals surface area contributed by atoms with Gasteiger partial charge in [-0.2, -0.15) is 0 Å². The van der Waals surface area contributed by atoms with Crippen LogP contribution in [-0.2, 0) is 6.54 Å². The Morgan fingerprint density at radius 3 is 2.60 bits per heavy atom. The van der Waals surface area contributed by atoms with Crippen molar-refractivity contribution in [3.63, 3.8) is 0 Å². The van der Waals surface area contributed by atoms with Gasteiger partial charge in [0.25, 0.3) is 0 Å². The molecule has 1 aromatic heterocycles. The van der Waals surface area contributed by atoms with Crippen LogP contribution in [-0.4, -0.2) is 16.6 Å². The van der Waals surface area contributed by atoms with E-state index in [4.69, 9.17) is 5.73 Å². The fourth-order valence-corrected chi connectivity index (χ4v) is 2.29. The number of nitrogens with zero attached hydrogens (tertiary/aromatic N) is 2. The van der Waals surface area contributed by atoms with Gasteiger partial charge >= 0.3 is 0 Å². The molecule has 0 aliphatic carbocycles. The van der Waals surface area contributed by atoms with E-state index in [0.717, 1.165) is 34.9 Å². The van der Waals surface area contributed by atoms with Crippen molar-refractivity contribution in [2.75, 3.05) is 11.4 Å². The molecule has 0 atom stereocenters. The Hall–Kier alpha value is -2.07. The molecule has 0 bridgehead atoms. The first-order valence-corrected chi connectivity index (χ1v) is 6.80. The fourth-order valence-electron chi connectivity index (χ4n) is 2.29. The van der Waals surface area contributed by atoms with E-state index in [1.165, 1.54) is 0 Å². The number of aryl methyl sites for hydroxylation is 2. The maximum atomic E-state index is 9.74. The van der Waals surface area contributed by atoms with Crippen LogP contribution >= 0.6 is 0 Å². The van der Waals surface area contributed by atoms with Crippen molar-refractivity contribution in [1.82, 2.24) is 4.98 Å². The van der Waals surface area contributed by atoms with E-state index in [1.807, 2.05) is 32.0 Å². The third kappa shape index (κ3) is 2.75. The van der Waals surface area contributed by atoms with Gasteiger partial charge in [-0.15, -0.1) is 0 Å². The minimum absolute atomic E-state index is 0.256. The number of aromatic nitrogens is 1. The lowest BCUT2D eigenvalue weighted by atomic mass is 10.1. The third-order valence-corrected chi connectivity index (χ3v) is 3.37. The van der Waals surface area contributed by atoms with Gasteiger partial charge in [-0.3, -0.25) is 0 Å². The maximum absolute atomic E-state index is 9.74. The number of hydrogen-bond donors (Lipinski definition) is 2. The minimum Gasteiger partial charge on any atom is -0.508 e. The van der Waals surface area contributed by atoms with E-state index in [9.17, 15) is 5.11 Å². The highest BCUT2D eigenvalue weighted by molar-refractivity contribution is 5.67. The molecule has 0 saturated carbocycles. The minimum atomic E-state index is 0.256. The molecule has 4 heteroatoms. The van der Waals surface area contributed by atoms with Crippen LogP contribution in [0.3, 0.4) is 0 Å². The molecule has 0 unspecified atom stereocenters. The molecular weight excluding hydrogens is 250 g/mol. The summed E-state index contributed by atoms with van der Waals surface area (Å²) in [6.45, 7) is 7.25. The number of rotatable bonds is 4. The Bertz CT molecular complexity index is 611. The topological polar surface area (TPSA) is 62.4 Å². The summed E-state index contributed by atoms with van der Waals surface area (Å²) in [7, 11) is 0. The van der Waals surface area contributed by atoms with Crippen LogP contribution in [0.25, 0.3) is 0 Å². The highest BCUT2D eigenvalue weighted by atomic mass is 16.3. The van der Waals surface area contributed by atoms with Crippen LogP contribution in [0.5, 0.6) is 5.75 Å². The molecule has 0 saturated heterocycles. The molecule has 106 valence electrons. The van der Waals surface area contributed by atoms with Crippen molar-refractivity contribution in [2.45, 2.75) is 27.3 Å². The summed E-state index contributed by atoms with van der Waals surface area (Å²) < 4.78 is 0. The normalized spacial score (nSPS) is 10.6. The number of phenols is 1. The van der Waals surface area contributed by atoms with Crippen molar-refractivity contribution in [2.24, 2.45) is 5.73 Å². The maximum Gasteiger partial charge on any atom is 0.137 e. The number of benzene rings is 1. The Balaban J connectivity index is 2.57. The van der Waals surface area contributed by atoms with Gasteiger partial charge in [0.1, 0.15) is 11.6 Å². The Morgan fingerprint density at radius 2 is 1.95 bits per heavy atom. The SMILES string of the molecule is CCN(c1cc(O)ccc1C)c1nc(C)ccc1CN. The number of anilines is 2. The molecule has 1 heterocycles. The van der Waals surface area contributed by atoms with Crippen LogP contribution in [0.2, 0.25) is 0 Å². The highest BCUT2D eigenvalue weighted by Crippen LogP contribution is 2.31. The molecule has 0 fully saturated rings. The standard InChI is InChI=1S/C16H21N3O/c1-4-19(15-9-14(20)8-5-11(15)2)16-13(10-17)7-6-12(3)18-16/h5-9,20H,4,10,17H2,1-3H3. The highest BCUT2D eigenvalue weighted by Gasteiger charge is 2.15. The lowest BCUT2D eigenvalue weighted by molar-refractivity contribution is 0.475. The summed E-state index contributed by atoms with van der Waals surface area (Å²) in [4.78, 5) is 6.71.